The van der Waals surface area contributed by atoms with Gasteiger partial charge >= 0.3 is 6.09 Å². The number of benzene rings is 2. The minimum Gasteiger partial charge on any atom is -0.507 e. The molecule has 1 saturated heterocycles. The van der Waals surface area contributed by atoms with Gasteiger partial charge in [-0.1, -0.05) is 24.3 Å². The number of hydrogen-bond acceptors (Lipinski definition) is 4. The van der Waals surface area contributed by atoms with Crippen LogP contribution < -0.4 is 5.32 Å². The Bertz CT molecular complexity index is 767. The second-order valence-electron chi connectivity index (χ2n) is 7.59. The van der Waals surface area contributed by atoms with Gasteiger partial charge in [0.2, 0.25) is 0 Å². The highest BCUT2D eigenvalue weighted by Crippen LogP contribution is 2.31. The van der Waals surface area contributed by atoms with Crippen LogP contribution in [0.2, 0.25) is 0 Å². The Morgan fingerprint density at radius 1 is 1.20 bits per heavy atom. The van der Waals surface area contributed by atoms with Crippen LogP contribution in [0.25, 0.3) is 10.8 Å². The summed E-state index contributed by atoms with van der Waals surface area (Å²) in [6.45, 7) is 6.99. The van der Waals surface area contributed by atoms with Crippen LogP contribution in [0.1, 0.15) is 33.6 Å². The molecule has 0 radical (unpaired) electrons. The van der Waals surface area contributed by atoms with Crippen molar-refractivity contribution in [2.75, 3.05) is 18.4 Å². The number of carbonyl (C=O) groups is 1. The van der Waals surface area contributed by atoms with E-state index in [4.69, 9.17) is 4.74 Å². The van der Waals surface area contributed by atoms with Crippen LogP contribution in [-0.2, 0) is 4.74 Å². The van der Waals surface area contributed by atoms with Gasteiger partial charge in [-0.25, -0.2) is 4.79 Å². The van der Waals surface area contributed by atoms with Gasteiger partial charge in [0.1, 0.15) is 11.4 Å². The highest BCUT2D eigenvalue weighted by Gasteiger charge is 2.27. The number of likely N-dealkylation sites (tertiary alicyclic amines) is 1. The van der Waals surface area contributed by atoms with Gasteiger partial charge < -0.3 is 20.1 Å². The van der Waals surface area contributed by atoms with Gasteiger partial charge in [-0.15, -0.1) is 0 Å². The number of amides is 1. The molecule has 1 aliphatic heterocycles. The van der Waals surface area contributed by atoms with E-state index in [0.717, 1.165) is 35.8 Å². The molecule has 1 unspecified atom stereocenters. The topological polar surface area (TPSA) is 61.8 Å². The molecule has 0 spiro atoms. The minimum atomic E-state index is -0.482. The number of phenols is 1. The first-order chi connectivity index (χ1) is 11.8. The lowest BCUT2D eigenvalue weighted by Gasteiger charge is -2.35. The number of anilines is 1. The van der Waals surface area contributed by atoms with Crippen molar-refractivity contribution < 1.29 is 14.6 Å². The number of phenolic OH excluding ortho intramolecular Hbond substituents is 1. The van der Waals surface area contributed by atoms with Crippen LogP contribution in [0.3, 0.4) is 0 Å². The first kappa shape index (κ1) is 17.4. The number of nitrogens with one attached hydrogen (secondary N) is 1. The van der Waals surface area contributed by atoms with Crippen LogP contribution in [0, 0.1) is 0 Å². The zero-order chi connectivity index (χ0) is 18.0. The third kappa shape index (κ3) is 4.16. The van der Waals surface area contributed by atoms with E-state index in [2.05, 4.69) is 5.32 Å². The normalized spacial score (nSPS) is 18.2. The van der Waals surface area contributed by atoms with Crippen molar-refractivity contribution in [3.8, 4) is 5.75 Å². The van der Waals surface area contributed by atoms with Gasteiger partial charge in [0.25, 0.3) is 0 Å². The van der Waals surface area contributed by atoms with Crippen molar-refractivity contribution in [2.45, 2.75) is 45.3 Å². The fraction of sp³-hybridized carbons (Fsp3) is 0.450. The average molecular weight is 342 g/mol. The molecule has 5 nitrogen and oxygen atoms in total. The van der Waals surface area contributed by atoms with Crippen LogP contribution in [0.15, 0.2) is 36.4 Å². The smallest absolute Gasteiger partial charge is 0.410 e. The third-order valence-corrected chi connectivity index (χ3v) is 4.33. The van der Waals surface area contributed by atoms with E-state index >= 15 is 0 Å². The number of hydrogen-bond donors (Lipinski definition) is 2. The molecule has 0 saturated carbocycles. The molecule has 1 fully saturated rings. The monoisotopic (exact) mass is 342 g/mol. The van der Waals surface area contributed by atoms with Crippen LogP contribution in [-0.4, -0.2) is 40.8 Å². The molecule has 1 amide bonds. The van der Waals surface area contributed by atoms with Crippen molar-refractivity contribution in [3.05, 3.63) is 36.4 Å². The van der Waals surface area contributed by atoms with Gasteiger partial charge in [0.15, 0.2) is 0 Å². The Kier molecular flexibility index (Phi) is 4.75. The molecule has 0 bridgehead atoms. The van der Waals surface area contributed by atoms with Crippen molar-refractivity contribution in [3.63, 3.8) is 0 Å². The predicted octanol–water partition coefficient (Wildman–Crippen LogP) is 4.36. The zero-order valence-electron chi connectivity index (χ0n) is 15.1. The minimum absolute atomic E-state index is 0.161. The Balaban J connectivity index is 1.73. The molecule has 0 aliphatic carbocycles. The summed E-state index contributed by atoms with van der Waals surface area (Å²) >= 11 is 0. The predicted molar refractivity (Wildman–Crippen MR) is 100 cm³/mol. The molecule has 2 aromatic carbocycles. The quantitative estimate of drug-likeness (QED) is 0.851. The standard InChI is InChI=1S/C20H26N2O3/c1-20(2,3)25-19(24)22-12-6-7-14(13-22)21-17-10-4-9-16-15(17)8-5-11-18(16)23/h4-5,8-11,14,21,23H,6-7,12-13H2,1-3H3. The maximum atomic E-state index is 12.3. The van der Waals surface area contributed by atoms with E-state index in [0.29, 0.717) is 6.54 Å². The Morgan fingerprint density at radius 3 is 2.68 bits per heavy atom. The Morgan fingerprint density at radius 2 is 1.92 bits per heavy atom. The fourth-order valence-corrected chi connectivity index (χ4v) is 3.23. The van der Waals surface area contributed by atoms with E-state index in [-0.39, 0.29) is 17.9 Å². The maximum absolute atomic E-state index is 12.3. The summed E-state index contributed by atoms with van der Waals surface area (Å²) in [6.07, 6.45) is 1.68. The number of piperidine rings is 1. The Hall–Kier alpha value is -2.43. The summed E-state index contributed by atoms with van der Waals surface area (Å²) in [5, 5.41) is 15.4. The lowest BCUT2D eigenvalue weighted by Crippen LogP contribution is -2.47. The third-order valence-electron chi connectivity index (χ3n) is 4.33. The van der Waals surface area contributed by atoms with Crippen molar-refractivity contribution >= 4 is 22.6 Å². The molecule has 0 aromatic heterocycles. The molecular weight excluding hydrogens is 316 g/mol. The van der Waals surface area contributed by atoms with E-state index in [1.165, 1.54) is 0 Å². The summed E-state index contributed by atoms with van der Waals surface area (Å²) in [7, 11) is 0. The fourth-order valence-electron chi connectivity index (χ4n) is 3.23. The van der Waals surface area contributed by atoms with E-state index in [9.17, 15) is 9.90 Å². The first-order valence-corrected chi connectivity index (χ1v) is 8.79. The van der Waals surface area contributed by atoms with Crippen LogP contribution >= 0.6 is 0 Å². The summed E-state index contributed by atoms with van der Waals surface area (Å²) in [5.41, 5.74) is 0.495. The van der Waals surface area contributed by atoms with Gasteiger partial charge in [0.05, 0.1) is 0 Å². The number of carbonyl (C=O) groups excluding carboxylic acids is 1. The average Bonchev–Trinajstić information content (AvgIpc) is 2.55. The van der Waals surface area contributed by atoms with Crippen molar-refractivity contribution in [1.29, 1.82) is 0 Å². The van der Waals surface area contributed by atoms with Crippen LogP contribution in [0.5, 0.6) is 5.75 Å². The molecule has 134 valence electrons. The SMILES string of the molecule is CC(C)(C)OC(=O)N1CCCC(Nc2cccc3c(O)cccc23)C1. The summed E-state index contributed by atoms with van der Waals surface area (Å²) in [5.74, 6) is 0.278. The molecule has 25 heavy (non-hydrogen) atoms. The van der Waals surface area contributed by atoms with Crippen molar-refractivity contribution in [1.82, 2.24) is 4.90 Å². The highest BCUT2D eigenvalue weighted by atomic mass is 16.6. The first-order valence-electron chi connectivity index (χ1n) is 8.79. The lowest BCUT2D eigenvalue weighted by molar-refractivity contribution is 0.0206. The lowest BCUT2D eigenvalue weighted by atomic mass is 10.0. The molecule has 2 N–H and O–H groups in total. The number of nitrogens with zero attached hydrogens (tertiary/aromatic N) is 1. The summed E-state index contributed by atoms with van der Waals surface area (Å²) in [6, 6.07) is 11.5. The van der Waals surface area contributed by atoms with Crippen LogP contribution in [0.4, 0.5) is 10.5 Å². The molecule has 1 aliphatic rings. The molecular formula is C20H26N2O3. The second kappa shape index (κ2) is 6.82. The number of rotatable bonds is 2. The second-order valence-corrected chi connectivity index (χ2v) is 7.59. The molecule has 3 rings (SSSR count). The summed E-state index contributed by atoms with van der Waals surface area (Å²) < 4.78 is 5.49. The highest BCUT2D eigenvalue weighted by molar-refractivity contribution is 5.97. The Labute approximate surface area is 148 Å². The molecule has 2 aromatic rings. The molecule has 1 atom stereocenters. The van der Waals surface area contributed by atoms with E-state index in [1.807, 2.05) is 51.1 Å². The van der Waals surface area contributed by atoms with Gasteiger partial charge in [-0.2, -0.15) is 0 Å². The number of fused-ring (bicyclic) bond motifs is 1. The number of ether oxygens (including phenoxy) is 1. The zero-order valence-corrected chi connectivity index (χ0v) is 15.1. The van der Waals surface area contributed by atoms with Crippen molar-refractivity contribution in [2.24, 2.45) is 0 Å². The molecule has 1 heterocycles. The van der Waals surface area contributed by atoms with E-state index in [1.54, 1.807) is 11.0 Å². The largest absolute Gasteiger partial charge is 0.507 e. The summed E-state index contributed by atoms with van der Waals surface area (Å²) in [4.78, 5) is 14.1. The number of aromatic hydroxyl groups is 1. The van der Waals surface area contributed by atoms with E-state index < -0.39 is 5.60 Å². The van der Waals surface area contributed by atoms with Gasteiger partial charge in [-0.3, -0.25) is 0 Å². The van der Waals surface area contributed by atoms with Gasteiger partial charge in [0, 0.05) is 35.6 Å². The van der Waals surface area contributed by atoms with Gasteiger partial charge in [-0.05, 0) is 45.7 Å². The molecule has 5 heteroatoms. The maximum Gasteiger partial charge on any atom is 0.410 e.